The van der Waals surface area contributed by atoms with Gasteiger partial charge < -0.3 is 20.1 Å². The van der Waals surface area contributed by atoms with Crippen molar-refractivity contribution in [1.29, 1.82) is 0 Å². The van der Waals surface area contributed by atoms with Gasteiger partial charge >= 0.3 is 12.3 Å². The summed E-state index contributed by atoms with van der Waals surface area (Å²) in [4.78, 5) is 49.5. The molecule has 0 bridgehead atoms. The van der Waals surface area contributed by atoms with Gasteiger partial charge in [-0.05, 0) is 30.5 Å². The molecule has 1 aliphatic carbocycles. The second kappa shape index (κ2) is 7.37. The van der Waals surface area contributed by atoms with Crippen LogP contribution in [0.15, 0.2) is 24.3 Å². The molecule has 8 nitrogen and oxygen atoms in total. The zero-order valence-corrected chi connectivity index (χ0v) is 15.0. The van der Waals surface area contributed by atoms with Gasteiger partial charge in [-0.3, -0.25) is 19.2 Å². The van der Waals surface area contributed by atoms with Crippen molar-refractivity contribution >= 4 is 23.6 Å². The Kier molecular flexibility index (Phi) is 5.24. The number of ketones is 1. The van der Waals surface area contributed by atoms with Crippen molar-refractivity contribution in [3.05, 3.63) is 29.8 Å². The number of carbonyl (C=O) groups is 4. The maximum atomic E-state index is 12.7. The lowest BCUT2D eigenvalue weighted by molar-refractivity contribution is -0.274. The number of nitrogens with one attached hydrogen (secondary N) is 1. The van der Waals surface area contributed by atoms with E-state index < -0.39 is 53.6 Å². The molecule has 1 aliphatic heterocycles. The number of carbonyl (C=O) groups excluding carboxylic acids is 3. The Morgan fingerprint density at radius 2 is 1.83 bits per heavy atom. The Labute approximate surface area is 162 Å². The van der Waals surface area contributed by atoms with E-state index in [1.807, 2.05) is 0 Å². The van der Waals surface area contributed by atoms with Crippen LogP contribution in [0, 0.1) is 11.3 Å². The fourth-order valence-corrected chi connectivity index (χ4v) is 3.32. The number of piperidine rings is 1. The number of carboxylic acid groups (broad SMARTS) is 1. The van der Waals surface area contributed by atoms with Gasteiger partial charge in [-0.25, -0.2) is 0 Å². The highest BCUT2D eigenvalue weighted by Crippen LogP contribution is 2.51. The third kappa shape index (κ3) is 4.66. The lowest BCUT2D eigenvalue weighted by Gasteiger charge is -2.36. The Morgan fingerprint density at radius 1 is 1.21 bits per heavy atom. The van der Waals surface area contributed by atoms with Crippen molar-refractivity contribution in [2.24, 2.45) is 11.3 Å². The van der Waals surface area contributed by atoms with Crippen LogP contribution in [0.3, 0.4) is 0 Å². The van der Waals surface area contributed by atoms with Gasteiger partial charge in [-0.1, -0.05) is 12.1 Å². The first kappa shape index (κ1) is 20.6. The highest BCUT2D eigenvalue weighted by molar-refractivity contribution is 6.21. The molecule has 1 aromatic carbocycles. The number of halogens is 3. The van der Waals surface area contributed by atoms with Gasteiger partial charge in [0, 0.05) is 18.5 Å². The molecule has 1 aromatic rings. The molecule has 1 saturated heterocycles. The molecule has 29 heavy (non-hydrogen) atoms. The van der Waals surface area contributed by atoms with Gasteiger partial charge in [0.15, 0.2) is 11.7 Å². The normalized spacial score (nSPS) is 20.5. The molecule has 156 valence electrons. The predicted octanol–water partition coefficient (Wildman–Crippen LogP) is 1.09. The average Bonchev–Trinajstić information content (AvgIpc) is 3.39. The van der Waals surface area contributed by atoms with E-state index in [0.717, 1.165) is 12.1 Å². The molecular weight excluding hydrogens is 397 g/mol. The molecule has 3 rings (SSSR count). The van der Waals surface area contributed by atoms with Crippen LogP contribution in [0.5, 0.6) is 5.75 Å². The SMILES string of the molecule is O=C(O)CNC(=O)C1C(=O)N(Cc2ccc(OC(F)(F)F)cc2)CC2(CC2)C1=O. The number of rotatable bonds is 6. The summed E-state index contributed by atoms with van der Waals surface area (Å²) in [6, 6.07) is 4.91. The average molecular weight is 414 g/mol. The van der Waals surface area contributed by atoms with E-state index in [9.17, 15) is 32.3 Å². The summed E-state index contributed by atoms with van der Waals surface area (Å²) in [5, 5.41) is 10.7. The van der Waals surface area contributed by atoms with Crippen molar-refractivity contribution in [2.45, 2.75) is 25.7 Å². The summed E-state index contributed by atoms with van der Waals surface area (Å²) in [5.41, 5.74) is -0.332. The van der Waals surface area contributed by atoms with Crippen molar-refractivity contribution in [3.63, 3.8) is 0 Å². The second-order valence-corrected chi connectivity index (χ2v) is 7.08. The summed E-state index contributed by atoms with van der Waals surface area (Å²) in [6.45, 7) is -0.624. The Balaban J connectivity index is 1.73. The molecule has 2 fully saturated rings. The van der Waals surface area contributed by atoms with Crippen LogP contribution in [0.25, 0.3) is 0 Å². The van der Waals surface area contributed by atoms with Crippen LogP contribution < -0.4 is 10.1 Å². The molecule has 2 aliphatic rings. The van der Waals surface area contributed by atoms with Crippen molar-refractivity contribution in [1.82, 2.24) is 10.2 Å². The number of hydrogen-bond donors (Lipinski definition) is 2. The number of benzene rings is 1. The van der Waals surface area contributed by atoms with E-state index in [0.29, 0.717) is 18.4 Å². The highest BCUT2D eigenvalue weighted by atomic mass is 19.4. The molecule has 11 heteroatoms. The van der Waals surface area contributed by atoms with E-state index in [-0.39, 0.29) is 13.1 Å². The number of aliphatic carboxylic acids is 1. The van der Waals surface area contributed by atoms with Crippen LogP contribution in [0.2, 0.25) is 0 Å². The van der Waals surface area contributed by atoms with Gasteiger partial charge in [0.1, 0.15) is 12.3 Å². The molecule has 0 radical (unpaired) electrons. The van der Waals surface area contributed by atoms with E-state index in [1.165, 1.54) is 17.0 Å². The first-order valence-electron chi connectivity index (χ1n) is 8.68. The topological polar surface area (TPSA) is 113 Å². The van der Waals surface area contributed by atoms with Crippen LogP contribution in [0.4, 0.5) is 13.2 Å². The number of carboxylic acids is 1. The van der Waals surface area contributed by atoms with Crippen molar-refractivity contribution in [3.8, 4) is 5.75 Å². The number of hydrogen-bond acceptors (Lipinski definition) is 5. The third-order valence-electron chi connectivity index (χ3n) is 4.90. The van der Waals surface area contributed by atoms with E-state index >= 15 is 0 Å². The standard InChI is InChI=1S/C18H17F3N2O6/c19-18(20,21)29-11-3-1-10(2-4-11)8-23-9-17(5-6-17)14(26)13(16(23)28)15(27)22-7-12(24)25/h1-4,13H,5-9H2,(H,22,27)(H,24,25). The zero-order chi connectivity index (χ0) is 21.4. The zero-order valence-electron chi connectivity index (χ0n) is 15.0. The number of ether oxygens (including phenoxy) is 1. The van der Waals surface area contributed by atoms with E-state index in [1.54, 1.807) is 0 Å². The number of nitrogens with zero attached hydrogens (tertiary/aromatic N) is 1. The molecule has 1 saturated carbocycles. The molecule has 1 spiro atoms. The molecule has 1 atom stereocenters. The van der Waals surface area contributed by atoms with Crippen LogP contribution in [0.1, 0.15) is 18.4 Å². The van der Waals surface area contributed by atoms with Crippen molar-refractivity contribution < 1.29 is 42.2 Å². The molecule has 2 amide bonds. The van der Waals surface area contributed by atoms with Gasteiger partial charge in [0.2, 0.25) is 11.8 Å². The van der Waals surface area contributed by atoms with Crippen LogP contribution >= 0.6 is 0 Å². The number of alkyl halides is 3. The monoisotopic (exact) mass is 414 g/mol. The molecule has 1 unspecified atom stereocenters. The van der Waals surface area contributed by atoms with Crippen LogP contribution in [-0.2, 0) is 25.7 Å². The Morgan fingerprint density at radius 3 is 2.34 bits per heavy atom. The Bertz CT molecular complexity index is 848. The molecular formula is C18H17F3N2O6. The van der Waals surface area contributed by atoms with E-state index in [4.69, 9.17) is 5.11 Å². The smallest absolute Gasteiger partial charge is 0.480 e. The maximum Gasteiger partial charge on any atom is 0.573 e. The fourth-order valence-electron chi connectivity index (χ4n) is 3.32. The maximum absolute atomic E-state index is 12.7. The third-order valence-corrected chi connectivity index (χ3v) is 4.90. The number of Topliss-reactive ketones (excluding diaryl/α,β-unsaturated/α-hetero) is 1. The number of likely N-dealkylation sites (tertiary alicyclic amines) is 1. The molecule has 2 N–H and O–H groups in total. The minimum absolute atomic E-state index is 0.0110. The predicted molar refractivity (Wildman–Crippen MR) is 89.4 cm³/mol. The summed E-state index contributed by atoms with van der Waals surface area (Å²) >= 11 is 0. The summed E-state index contributed by atoms with van der Waals surface area (Å²) in [6.07, 6.45) is -3.80. The van der Waals surface area contributed by atoms with Gasteiger partial charge in [-0.15, -0.1) is 13.2 Å². The fraction of sp³-hybridized carbons (Fsp3) is 0.444. The lowest BCUT2D eigenvalue weighted by Crippen LogP contribution is -2.56. The van der Waals surface area contributed by atoms with Gasteiger partial charge in [0.05, 0.1) is 0 Å². The molecule has 1 heterocycles. The minimum atomic E-state index is -4.82. The largest absolute Gasteiger partial charge is 0.573 e. The quantitative estimate of drug-likeness (QED) is 0.674. The van der Waals surface area contributed by atoms with E-state index in [2.05, 4.69) is 10.1 Å². The summed E-state index contributed by atoms with van der Waals surface area (Å²) in [7, 11) is 0. The summed E-state index contributed by atoms with van der Waals surface area (Å²) in [5.74, 6) is -5.59. The second-order valence-electron chi connectivity index (χ2n) is 7.08. The first-order valence-corrected chi connectivity index (χ1v) is 8.68. The van der Waals surface area contributed by atoms with Crippen LogP contribution in [-0.4, -0.2) is 53.0 Å². The lowest BCUT2D eigenvalue weighted by atomic mass is 9.83. The molecule has 0 aromatic heterocycles. The van der Waals surface area contributed by atoms with Crippen molar-refractivity contribution in [2.75, 3.05) is 13.1 Å². The highest BCUT2D eigenvalue weighted by Gasteiger charge is 2.60. The first-order chi connectivity index (χ1) is 13.5. The summed E-state index contributed by atoms with van der Waals surface area (Å²) < 4.78 is 40.5. The number of amides is 2. The van der Waals surface area contributed by atoms with Gasteiger partial charge in [-0.2, -0.15) is 0 Å². The minimum Gasteiger partial charge on any atom is -0.480 e. The van der Waals surface area contributed by atoms with Gasteiger partial charge in [0.25, 0.3) is 0 Å². The Hall–Kier alpha value is -3.11.